The number of unbranched alkanes of at least 4 members (excludes halogenated alkanes) is 2. The van der Waals surface area contributed by atoms with Gasteiger partial charge in [0.2, 0.25) is 0 Å². The molecule has 1 saturated heterocycles. The van der Waals surface area contributed by atoms with Crippen molar-refractivity contribution in [2.24, 2.45) is 5.92 Å². The molecule has 0 unspecified atom stereocenters. The highest BCUT2D eigenvalue weighted by Crippen LogP contribution is 2.33. The number of benzene rings is 1. The first-order valence-electron chi connectivity index (χ1n) is 10.8. The van der Waals surface area contributed by atoms with Crippen LogP contribution in [0.15, 0.2) is 24.3 Å². The summed E-state index contributed by atoms with van der Waals surface area (Å²) in [7, 11) is 0. The van der Waals surface area contributed by atoms with E-state index in [4.69, 9.17) is 14.3 Å². The van der Waals surface area contributed by atoms with E-state index < -0.39 is 30.0 Å². The Morgan fingerprint density at radius 3 is 2.23 bits per heavy atom. The number of hydrogen-bond acceptors (Lipinski definition) is 7. The molecule has 1 heterocycles. The summed E-state index contributed by atoms with van der Waals surface area (Å²) < 4.78 is 10.8. The molecule has 0 bridgehead atoms. The summed E-state index contributed by atoms with van der Waals surface area (Å²) in [5.74, 6) is -2.37. The van der Waals surface area contributed by atoms with Crippen molar-refractivity contribution in [1.29, 1.82) is 0 Å². The Labute approximate surface area is 178 Å². The summed E-state index contributed by atoms with van der Waals surface area (Å²) in [6, 6.07) is 6.88. The molecule has 1 aromatic rings. The third kappa shape index (κ3) is 6.29. The van der Waals surface area contributed by atoms with Crippen LogP contribution in [0.1, 0.15) is 57.9 Å². The second-order valence-electron chi connectivity index (χ2n) is 7.56. The number of hydroxylamine groups is 1. The Morgan fingerprint density at radius 1 is 1.10 bits per heavy atom. The zero-order chi connectivity index (χ0) is 21.9. The fourth-order valence-electron chi connectivity index (χ4n) is 3.39. The normalized spacial score (nSPS) is 18.9. The minimum Gasteiger partial charge on any atom is -0.465 e. The molecule has 0 aromatic heterocycles. The maximum absolute atomic E-state index is 12.9. The Morgan fingerprint density at radius 2 is 1.70 bits per heavy atom. The predicted molar refractivity (Wildman–Crippen MR) is 113 cm³/mol. The van der Waals surface area contributed by atoms with Crippen molar-refractivity contribution in [2.75, 3.05) is 18.3 Å². The van der Waals surface area contributed by atoms with Crippen LogP contribution in [0.2, 0.25) is 0 Å². The van der Waals surface area contributed by atoms with Gasteiger partial charge in [0.15, 0.2) is 12.2 Å². The first-order chi connectivity index (χ1) is 14.5. The predicted octanol–water partition coefficient (Wildman–Crippen LogP) is 3.77. The summed E-state index contributed by atoms with van der Waals surface area (Å²) >= 11 is 0. The molecule has 0 saturated carbocycles. The molecule has 0 aliphatic carbocycles. The monoisotopic (exact) mass is 419 g/mol. The third-order valence-corrected chi connectivity index (χ3v) is 5.18. The number of rotatable bonds is 11. The summed E-state index contributed by atoms with van der Waals surface area (Å²) in [4.78, 5) is 43.1. The molecular formula is C23H33NO6. The van der Waals surface area contributed by atoms with Gasteiger partial charge in [0.25, 0.3) is 0 Å². The third-order valence-electron chi connectivity index (χ3n) is 5.18. The summed E-state index contributed by atoms with van der Waals surface area (Å²) in [5, 5.41) is 1.53. The maximum atomic E-state index is 12.9. The van der Waals surface area contributed by atoms with Gasteiger partial charge in [0.1, 0.15) is 6.10 Å². The van der Waals surface area contributed by atoms with Crippen molar-refractivity contribution in [1.82, 2.24) is 0 Å². The molecule has 30 heavy (non-hydrogen) atoms. The summed E-state index contributed by atoms with van der Waals surface area (Å²) in [5.41, 5.74) is 1.62. The number of para-hydroxylation sites is 1. The second kappa shape index (κ2) is 12.3. The Balaban J connectivity index is 2.33. The molecule has 2 atom stereocenters. The molecular weight excluding hydrogens is 386 g/mol. The molecule has 7 heteroatoms. The van der Waals surface area contributed by atoms with E-state index >= 15 is 0 Å². The average Bonchev–Trinajstić information content (AvgIpc) is 2.75. The average molecular weight is 420 g/mol. The number of hydrogen-bond donors (Lipinski definition) is 0. The highest BCUT2D eigenvalue weighted by Gasteiger charge is 2.45. The quantitative estimate of drug-likeness (QED) is 0.234. The van der Waals surface area contributed by atoms with Crippen LogP contribution in [0.5, 0.6) is 0 Å². The van der Waals surface area contributed by atoms with Gasteiger partial charge in [-0.3, -0.25) is 14.4 Å². The van der Waals surface area contributed by atoms with Crippen molar-refractivity contribution in [3.63, 3.8) is 0 Å². The zero-order valence-electron chi connectivity index (χ0n) is 18.2. The number of anilines is 1. The Hall–Kier alpha value is -2.41. The van der Waals surface area contributed by atoms with E-state index in [-0.39, 0.29) is 13.2 Å². The molecule has 1 aliphatic heterocycles. The molecule has 0 radical (unpaired) electrons. The van der Waals surface area contributed by atoms with E-state index in [1.54, 1.807) is 0 Å². The van der Waals surface area contributed by atoms with Gasteiger partial charge in [0.05, 0.1) is 24.9 Å². The number of carbonyl (C=O) groups excluding carboxylic acids is 3. The van der Waals surface area contributed by atoms with Gasteiger partial charge in [-0.15, -0.1) is 0 Å². The fourth-order valence-corrected chi connectivity index (χ4v) is 3.39. The number of esters is 2. The lowest BCUT2D eigenvalue weighted by Gasteiger charge is -2.41. The van der Waals surface area contributed by atoms with Gasteiger partial charge >= 0.3 is 11.9 Å². The van der Waals surface area contributed by atoms with Gasteiger partial charge in [-0.1, -0.05) is 44.9 Å². The van der Waals surface area contributed by atoms with Crippen LogP contribution >= 0.6 is 0 Å². The minimum absolute atomic E-state index is 0.253. The van der Waals surface area contributed by atoms with E-state index in [1.165, 1.54) is 5.06 Å². The van der Waals surface area contributed by atoms with Gasteiger partial charge in [0, 0.05) is 0 Å². The number of aldehydes is 1. The van der Waals surface area contributed by atoms with Crippen LogP contribution in [-0.4, -0.2) is 43.6 Å². The van der Waals surface area contributed by atoms with Crippen molar-refractivity contribution in [2.45, 2.75) is 71.4 Å². The van der Waals surface area contributed by atoms with Gasteiger partial charge in [-0.25, -0.2) is 5.06 Å². The number of aryl methyl sites for hydroxylation is 1. The highest BCUT2D eigenvalue weighted by atomic mass is 16.7. The topological polar surface area (TPSA) is 82.1 Å². The van der Waals surface area contributed by atoms with Gasteiger partial charge in [-0.05, 0) is 44.2 Å². The minimum atomic E-state index is -1.15. The van der Waals surface area contributed by atoms with Crippen molar-refractivity contribution < 1.29 is 28.7 Å². The van der Waals surface area contributed by atoms with Crippen molar-refractivity contribution >= 4 is 23.9 Å². The molecule has 1 aliphatic rings. The number of ether oxygens (including phenoxy) is 2. The first-order valence-corrected chi connectivity index (χ1v) is 10.8. The van der Waals surface area contributed by atoms with E-state index in [0.29, 0.717) is 18.5 Å². The number of carbonyl (C=O) groups is 3. The molecule has 0 spiro atoms. The first kappa shape index (κ1) is 23.9. The van der Waals surface area contributed by atoms with E-state index in [2.05, 4.69) is 0 Å². The number of nitrogens with zero attached hydrogens (tertiary/aromatic N) is 1. The molecule has 1 fully saturated rings. The summed E-state index contributed by atoms with van der Waals surface area (Å²) in [6.45, 7) is 6.41. The molecule has 1 aromatic carbocycles. The lowest BCUT2D eigenvalue weighted by molar-refractivity contribution is -0.166. The SMILES string of the molecule is CCCCOC(=O)C(C(=O)OCCCC)[C@H]1CC[C@H](C=O)ON1c1ccccc1C. The highest BCUT2D eigenvalue weighted by molar-refractivity contribution is 5.96. The van der Waals surface area contributed by atoms with E-state index in [0.717, 1.165) is 37.5 Å². The van der Waals surface area contributed by atoms with Crippen LogP contribution in [0.25, 0.3) is 0 Å². The molecule has 0 N–H and O–H groups in total. The summed E-state index contributed by atoms with van der Waals surface area (Å²) in [6.07, 6.45) is 4.15. The lowest BCUT2D eigenvalue weighted by atomic mass is 9.92. The van der Waals surface area contributed by atoms with Crippen molar-refractivity contribution in [3.8, 4) is 0 Å². The standard InChI is InChI=1S/C23H33NO6/c1-4-6-14-28-22(26)21(23(27)29-15-7-5-2)20-13-12-18(16-25)30-24(20)19-11-9-8-10-17(19)3/h8-11,16,18,20-21H,4-7,12-15H2,1-3H3/t18-,20-/m1/s1. The van der Waals surface area contributed by atoms with E-state index in [9.17, 15) is 14.4 Å². The van der Waals surface area contributed by atoms with Gasteiger partial charge in [-0.2, -0.15) is 0 Å². The smallest absolute Gasteiger partial charge is 0.322 e. The maximum Gasteiger partial charge on any atom is 0.322 e. The molecule has 166 valence electrons. The second-order valence-corrected chi connectivity index (χ2v) is 7.56. The van der Waals surface area contributed by atoms with Gasteiger partial charge < -0.3 is 14.3 Å². The molecule has 7 nitrogen and oxygen atoms in total. The fraction of sp³-hybridized carbons (Fsp3) is 0.609. The molecule has 2 rings (SSSR count). The zero-order valence-corrected chi connectivity index (χ0v) is 18.2. The molecule has 0 amide bonds. The largest absolute Gasteiger partial charge is 0.465 e. The van der Waals surface area contributed by atoms with E-state index in [1.807, 2.05) is 45.0 Å². The van der Waals surface area contributed by atoms with Crippen LogP contribution < -0.4 is 5.06 Å². The van der Waals surface area contributed by atoms with Crippen molar-refractivity contribution in [3.05, 3.63) is 29.8 Å². The Kier molecular flexibility index (Phi) is 9.80. The van der Waals surface area contributed by atoms with Crippen LogP contribution in [0, 0.1) is 12.8 Å². The van der Waals surface area contributed by atoms with Crippen LogP contribution in [0.4, 0.5) is 5.69 Å². The van der Waals surface area contributed by atoms with Crippen LogP contribution in [-0.2, 0) is 28.7 Å². The van der Waals surface area contributed by atoms with Crippen LogP contribution in [0.3, 0.4) is 0 Å². The Bertz CT molecular complexity index is 685. The lowest BCUT2D eigenvalue weighted by Crippen LogP contribution is -2.53.